The second kappa shape index (κ2) is 47.6. The van der Waals surface area contributed by atoms with E-state index in [2.05, 4.69) is 13.8 Å². The van der Waals surface area contributed by atoms with E-state index in [0.717, 1.165) is 25.7 Å². The Hall–Kier alpha value is -0.541. The fourth-order valence-electron chi connectivity index (χ4n) is 6.34. The van der Waals surface area contributed by atoms with Crippen molar-refractivity contribution in [1.82, 2.24) is 0 Å². The summed E-state index contributed by atoms with van der Waals surface area (Å²) in [6.45, 7) is 4.56. The van der Waals surface area contributed by atoms with Crippen LogP contribution in [-0.4, -0.2) is 11.9 Å². The minimum Gasteiger partial charge on any atom is -0.550 e. The molecule has 5 heteroatoms. The van der Waals surface area contributed by atoms with Crippen molar-refractivity contribution in [3.63, 3.8) is 0 Å². The van der Waals surface area contributed by atoms with Crippen LogP contribution in [0, 0.1) is 0 Å². The van der Waals surface area contributed by atoms with Gasteiger partial charge in [-0.3, -0.25) is 0 Å². The molecule has 47 heavy (non-hydrogen) atoms. The SMILES string of the molecule is CCCCCCCCCCCCCCCCCCCCC(=O)[O-].CCCCCCCCCCCCCCCCCCCCC(=O)[O-].[Mn+2]. The van der Waals surface area contributed by atoms with Crippen LogP contribution in [0.4, 0.5) is 0 Å². The van der Waals surface area contributed by atoms with Gasteiger partial charge in [-0.15, -0.1) is 0 Å². The molecule has 0 aliphatic heterocycles. The molecule has 0 amide bonds. The van der Waals surface area contributed by atoms with Gasteiger partial charge in [0.1, 0.15) is 0 Å². The van der Waals surface area contributed by atoms with Crippen molar-refractivity contribution in [3.05, 3.63) is 0 Å². The second-order valence-electron chi connectivity index (χ2n) is 14.3. The van der Waals surface area contributed by atoms with Gasteiger partial charge in [0.2, 0.25) is 0 Å². The molecule has 0 aliphatic carbocycles. The first-order chi connectivity index (χ1) is 22.5. The van der Waals surface area contributed by atoms with Gasteiger partial charge in [-0.2, -0.15) is 0 Å². The van der Waals surface area contributed by atoms with E-state index in [1.807, 2.05) is 0 Å². The van der Waals surface area contributed by atoms with Crippen molar-refractivity contribution in [1.29, 1.82) is 0 Å². The van der Waals surface area contributed by atoms with Gasteiger partial charge in [-0.05, 0) is 25.7 Å². The summed E-state index contributed by atoms with van der Waals surface area (Å²) in [6, 6.07) is 0. The normalized spacial score (nSPS) is 10.8. The number of carbonyl (C=O) groups is 2. The minimum atomic E-state index is -0.901. The monoisotopic (exact) mass is 706 g/mol. The zero-order chi connectivity index (χ0) is 34.0. The third-order valence-electron chi connectivity index (χ3n) is 9.47. The van der Waals surface area contributed by atoms with Crippen LogP contribution in [0.5, 0.6) is 0 Å². The summed E-state index contributed by atoms with van der Waals surface area (Å²) in [5.74, 6) is -1.80. The fraction of sp³-hybridized carbons (Fsp3) is 0.952. The summed E-state index contributed by atoms with van der Waals surface area (Å²) in [5, 5.41) is 20.5. The van der Waals surface area contributed by atoms with Crippen LogP contribution in [0.1, 0.15) is 258 Å². The summed E-state index contributed by atoms with van der Waals surface area (Å²) >= 11 is 0. The van der Waals surface area contributed by atoms with E-state index >= 15 is 0 Å². The standard InChI is InChI=1S/2C21H42O2.Mn/c2*1-2-3-4-5-6-7-8-9-10-11-12-13-14-15-16-17-18-19-20-21(22)23;/h2*2-20H2,1H3,(H,22,23);/q;;+2/p-2. The van der Waals surface area contributed by atoms with E-state index in [1.165, 1.54) is 205 Å². The quantitative estimate of drug-likeness (QED) is 0.0473. The summed E-state index contributed by atoms with van der Waals surface area (Å²) in [7, 11) is 0. The number of unbranched alkanes of at least 4 members (excludes halogenated alkanes) is 34. The number of hydrogen-bond acceptors (Lipinski definition) is 4. The minimum absolute atomic E-state index is 0. The maximum absolute atomic E-state index is 10.3. The smallest absolute Gasteiger partial charge is 0.550 e. The molecule has 0 atom stereocenters. The van der Waals surface area contributed by atoms with Gasteiger partial charge in [0.15, 0.2) is 0 Å². The molecule has 0 rings (SSSR count). The van der Waals surface area contributed by atoms with E-state index in [-0.39, 0.29) is 29.9 Å². The molecule has 0 bridgehead atoms. The average Bonchev–Trinajstić information content (AvgIpc) is 3.03. The van der Waals surface area contributed by atoms with Crippen LogP contribution in [0.3, 0.4) is 0 Å². The summed E-state index contributed by atoms with van der Waals surface area (Å²) in [5.41, 5.74) is 0. The maximum atomic E-state index is 10.3. The zero-order valence-corrected chi connectivity index (χ0v) is 33.1. The molecule has 0 aliphatic rings. The Morgan fingerprint density at radius 1 is 0.277 bits per heavy atom. The van der Waals surface area contributed by atoms with Crippen molar-refractivity contribution < 1.29 is 36.9 Å². The van der Waals surface area contributed by atoms with Crippen molar-refractivity contribution in [3.8, 4) is 0 Å². The third-order valence-corrected chi connectivity index (χ3v) is 9.47. The molecule has 0 aromatic carbocycles. The largest absolute Gasteiger partial charge is 2.00 e. The Morgan fingerprint density at radius 3 is 0.532 bits per heavy atom. The molecular formula is C42H82MnO4. The number of aliphatic carboxylic acids is 2. The Bertz CT molecular complexity index is 533. The van der Waals surface area contributed by atoms with Crippen LogP contribution < -0.4 is 10.2 Å². The fourth-order valence-corrected chi connectivity index (χ4v) is 6.34. The molecule has 0 heterocycles. The second-order valence-corrected chi connectivity index (χ2v) is 14.3. The third kappa shape index (κ3) is 55.1. The molecule has 0 aromatic heterocycles. The van der Waals surface area contributed by atoms with Gasteiger partial charge in [0.25, 0.3) is 0 Å². The first kappa shape index (κ1) is 50.8. The molecule has 281 valence electrons. The molecule has 0 fully saturated rings. The van der Waals surface area contributed by atoms with Crippen molar-refractivity contribution in [2.45, 2.75) is 258 Å². The predicted octanol–water partition coefficient (Wildman–Crippen LogP) is 12.3. The molecule has 0 spiro atoms. The molecule has 0 saturated heterocycles. The van der Waals surface area contributed by atoms with E-state index in [9.17, 15) is 19.8 Å². The predicted molar refractivity (Wildman–Crippen MR) is 197 cm³/mol. The topological polar surface area (TPSA) is 80.3 Å². The van der Waals surface area contributed by atoms with Crippen LogP contribution in [0.15, 0.2) is 0 Å². The summed E-state index contributed by atoms with van der Waals surface area (Å²) in [6.07, 6.45) is 48.5. The number of carboxylic acid groups (broad SMARTS) is 2. The molecule has 1 radical (unpaired) electrons. The molecule has 4 nitrogen and oxygen atoms in total. The molecule has 0 aromatic rings. The number of carboxylic acids is 2. The molecule has 0 unspecified atom stereocenters. The summed E-state index contributed by atoms with van der Waals surface area (Å²) in [4.78, 5) is 20.5. The average molecular weight is 706 g/mol. The van der Waals surface area contributed by atoms with Gasteiger partial charge in [0, 0.05) is 11.9 Å². The van der Waals surface area contributed by atoms with E-state index in [0.29, 0.717) is 0 Å². The first-order valence-corrected chi connectivity index (χ1v) is 20.9. The maximum Gasteiger partial charge on any atom is 2.00 e. The van der Waals surface area contributed by atoms with Gasteiger partial charge < -0.3 is 19.8 Å². The zero-order valence-electron chi connectivity index (χ0n) is 31.9. The molecule has 0 saturated carbocycles. The van der Waals surface area contributed by atoms with Crippen LogP contribution in [-0.2, 0) is 26.7 Å². The van der Waals surface area contributed by atoms with Crippen LogP contribution in [0.25, 0.3) is 0 Å². The first-order valence-electron chi connectivity index (χ1n) is 20.9. The van der Waals surface area contributed by atoms with E-state index in [1.54, 1.807) is 0 Å². The molecule has 0 N–H and O–H groups in total. The Kier molecular flexibility index (Phi) is 51.5. The van der Waals surface area contributed by atoms with E-state index in [4.69, 9.17) is 0 Å². The molecular weight excluding hydrogens is 623 g/mol. The van der Waals surface area contributed by atoms with Crippen LogP contribution in [0.2, 0.25) is 0 Å². The number of rotatable bonds is 38. The van der Waals surface area contributed by atoms with Crippen molar-refractivity contribution >= 4 is 11.9 Å². The van der Waals surface area contributed by atoms with Gasteiger partial charge in [-0.1, -0.05) is 232 Å². The van der Waals surface area contributed by atoms with Crippen molar-refractivity contribution in [2.24, 2.45) is 0 Å². The summed E-state index contributed by atoms with van der Waals surface area (Å²) < 4.78 is 0. The number of carbonyl (C=O) groups excluding carboxylic acids is 2. The Balaban J connectivity index is -0.000000807. The van der Waals surface area contributed by atoms with Gasteiger partial charge in [0.05, 0.1) is 0 Å². The Labute approximate surface area is 305 Å². The van der Waals surface area contributed by atoms with Gasteiger partial charge in [-0.25, -0.2) is 0 Å². The number of hydrogen-bond donors (Lipinski definition) is 0. The van der Waals surface area contributed by atoms with E-state index < -0.39 is 11.9 Å². The Morgan fingerprint density at radius 2 is 0.404 bits per heavy atom. The van der Waals surface area contributed by atoms with Gasteiger partial charge >= 0.3 is 17.1 Å². The van der Waals surface area contributed by atoms with Crippen LogP contribution >= 0.6 is 0 Å². The van der Waals surface area contributed by atoms with Crippen molar-refractivity contribution in [2.75, 3.05) is 0 Å².